The smallest absolute Gasteiger partial charge is 0.303 e. The number of benzene rings is 1. The Bertz CT molecular complexity index is 2320. The second-order valence-corrected chi connectivity index (χ2v) is 16.4. The molecule has 5 N–H and O–H groups in total. The summed E-state index contributed by atoms with van der Waals surface area (Å²) in [7, 11) is -9.84. The predicted molar refractivity (Wildman–Crippen MR) is 175 cm³/mol. The van der Waals surface area contributed by atoms with Gasteiger partial charge < -0.3 is 10.4 Å². The number of nitrogens with zero attached hydrogens (tertiary/aromatic N) is 8. The zero-order valence-electron chi connectivity index (χ0n) is 28.3. The van der Waals surface area contributed by atoms with Gasteiger partial charge in [0.25, 0.3) is 20.2 Å². The summed E-state index contributed by atoms with van der Waals surface area (Å²) < 4.78 is 70.4. The fourth-order valence-corrected chi connectivity index (χ4v) is 6.08. The van der Waals surface area contributed by atoms with Crippen molar-refractivity contribution >= 4 is 49.3 Å². The zero-order valence-corrected chi connectivity index (χ0v) is 30.0. The third-order valence-corrected chi connectivity index (χ3v) is 10.2. The summed E-state index contributed by atoms with van der Waals surface area (Å²) in [5.74, 6) is -1.42. The maximum absolute atomic E-state index is 12.6. The summed E-state index contributed by atoms with van der Waals surface area (Å²) >= 11 is 0. The lowest BCUT2D eigenvalue weighted by atomic mass is 9.73. The van der Waals surface area contributed by atoms with E-state index in [9.17, 15) is 40.8 Å². The van der Waals surface area contributed by atoms with E-state index in [-0.39, 0.29) is 41.3 Å². The van der Waals surface area contributed by atoms with Crippen LogP contribution in [0.25, 0.3) is 11.3 Å². The Hall–Kier alpha value is -5.04. The van der Waals surface area contributed by atoms with E-state index in [0.717, 1.165) is 22.9 Å². The van der Waals surface area contributed by atoms with Gasteiger partial charge in [-0.15, -0.1) is 20.4 Å². The van der Waals surface area contributed by atoms with Crippen LogP contribution in [0.5, 0.6) is 0 Å². The summed E-state index contributed by atoms with van der Waals surface area (Å²) in [6.07, 6.45) is -0.560. The quantitative estimate of drug-likeness (QED) is 0.109. The second-order valence-electron chi connectivity index (χ2n) is 13.6. The SMILES string of the molecule is Cc1c(C#N)nn(-c2cc(S(=O)(=O)O)ccc2S(=O)(=O)O)c1N=Nc1c(C(C)(C)C)[nH]n2c(C(C)(C)C(C)(C)NC(=O)CCC(=O)O)nnc12. The molecule has 21 heteroatoms. The molecule has 0 aliphatic carbocycles. The minimum absolute atomic E-state index is 0.113. The lowest BCUT2D eigenvalue weighted by Gasteiger charge is -2.40. The molecule has 0 radical (unpaired) electrons. The number of rotatable bonds is 11. The third kappa shape index (κ3) is 7.14. The van der Waals surface area contributed by atoms with E-state index in [1.807, 2.05) is 40.7 Å². The van der Waals surface area contributed by atoms with Gasteiger partial charge in [0.05, 0.1) is 22.7 Å². The van der Waals surface area contributed by atoms with Crippen molar-refractivity contribution in [2.45, 2.75) is 94.4 Å². The van der Waals surface area contributed by atoms with Crippen molar-refractivity contribution in [1.82, 2.24) is 34.9 Å². The van der Waals surface area contributed by atoms with Crippen molar-refractivity contribution in [2.75, 3.05) is 0 Å². The molecule has 0 unspecified atom stereocenters. The number of carboxylic acid groups (broad SMARTS) is 1. The van der Waals surface area contributed by atoms with Gasteiger partial charge >= 0.3 is 5.97 Å². The molecule has 0 aliphatic rings. The molecule has 50 heavy (non-hydrogen) atoms. The van der Waals surface area contributed by atoms with Crippen molar-refractivity contribution in [3.05, 3.63) is 41.0 Å². The molecule has 268 valence electrons. The first-order valence-electron chi connectivity index (χ1n) is 14.8. The first-order valence-corrected chi connectivity index (χ1v) is 17.7. The summed E-state index contributed by atoms with van der Waals surface area (Å²) in [6, 6.07) is 4.11. The molecule has 4 rings (SSSR count). The van der Waals surface area contributed by atoms with E-state index >= 15 is 0 Å². The second kappa shape index (κ2) is 12.7. The fourth-order valence-electron chi connectivity index (χ4n) is 4.93. The van der Waals surface area contributed by atoms with Crippen LogP contribution in [0.2, 0.25) is 0 Å². The molecule has 0 fully saturated rings. The molecular formula is C29H36N10O9S2. The highest BCUT2D eigenvalue weighted by Gasteiger charge is 2.44. The van der Waals surface area contributed by atoms with E-state index in [4.69, 9.17) is 5.11 Å². The number of nitrogens with one attached hydrogen (secondary N) is 2. The molecule has 0 saturated heterocycles. The minimum atomic E-state index is -4.99. The average molecular weight is 733 g/mol. The maximum Gasteiger partial charge on any atom is 0.303 e. The minimum Gasteiger partial charge on any atom is -0.481 e. The van der Waals surface area contributed by atoms with Crippen LogP contribution in [0.15, 0.2) is 38.2 Å². The molecule has 0 bridgehead atoms. The molecule has 4 aromatic rings. The number of hydrogen-bond acceptors (Lipinski definition) is 12. The van der Waals surface area contributed by atoms with Crippen molar-refractivity contribution < 1.29 is 40.6 Å². The van der Waals surface area contributed by atoms with Gasteiger partial charge in [0.2, 0.25) is 11.6 Å². The molecule has 0 spiro atoms. The van der Waals surface area contributed by atoms with Crippen molar-refractivity contribution in [2.24, 2.45) is 10.2 Å². The molecule has 0 saturated carbocycles. The maximum atomic E-state index is 12.6. The third-order valence-electron chi connectivity index (χ3n) is 8.40. The van der Waals surface area contributed by atoms with Crippen LogP contribution in [-0.4, -0.2) is 78.1 Å². The Labute approximate surface area is 286 Å². The van der Waals surface area contributed by atoms with Crippen LogP contribution in [-0.2, 0) is 40.7 Å². The molecular weight excluding hydrogens is 697 g/mol. The molecule has 1 aromatic carbocycles. The molecule has 3 heterocycles. The van der Waals surface area contributed by atoms with Crippen LogP contribution < -0.4 is 5.32 Å². The van der Waals surface area contributed by atoms with Gasteiger partial charge in [0.1, 0.15) is 11.0 Å². The Morgan fingerprint density at radius 1 is 1.00 bits per heavy atom. The summed E-state index contributed by atoms with van der Waals surface area (Å²) in [6.45, 7) is 14.2. The Morgan fingerprint density at radius 2 is 1.64 bits per heavy atom. The Morgan fingerprint density at radius 3 is 2.18 bits per heavy atom. The normalized spacial score (nSPS) is 13.2. The van der Waals surface area contributed by atoms with Crippen molar-refractivity contribution in [3.63, 3.8) is 0 Å². The standard InChI is InChI=1S/C29H36N10O9S2/c1-15-17(14-30)36-38(18-13-16(49(43,44)45)9-10-19(18)50(46,47)48)24(15)33-32-22-23(27(2,3)4)37-39-25(22)34-35-26(39)28(5,6)29(7,8)31-20(40)11-12-21(41)42/h9-10,13,37H,11-12H2,1-8H3,(H,31,40)(H,41,42)(H,43,44,45)(H,46,47,48). The predicted octanol–water partition coefficient (Wildman–Crippen LogP) is 3.67. The number of amides is 1. The zero-order chi connectivity index (χ0) is 37.8. The highest BCUT2D eigenvalue weighted by atomic mass is 32.2. The number of aliphatic carboxylic acids is 1. The van der Waals surface area contributed by atoms with Crippen molar-refractivity contribution in [3.8, 4) is 11.8 Å². The highest BCUT2D eigenvalue weighted by molar-refractivity contribution is 7.86. The largest absolute Gasteiger partial charge is 0.481 e. The lowest BCUT2D eigenvalue weighted by molar-refractivity contribution is -0.139. The monoisotopic (exact) mass is 732 g/mol. The molecule has 19 nitrogen and oxygen atoms in total. The number of hydrogen-bond donors (Lipinski definition) is 5. The van der Waals surface area contributed by atoms with Crippen LogP contribution in [0.3, 0.4) is 0 Å². The first-order chi connectivity index (χ1) is 22.8. The Balaban J connectivity index is 1.92. The number of aromatic nitrogens is 6. The van der Waals surface area contributed by atoms with E-state index < -0.39 is 64.0 Å². The van der Waals surface area contributed by atoms with Gasteiger partial charge in [0.15, 0.2) is 23.0 Å². The van der Waals surface area contributed by atoms with Crippen LogP contribution in [0.4, 0.5) is 11.5 Å². The van der Waals surface area contributed by atoms with Gasteiger partial charge in [-0.2, -0.15) is 27.2 Å². The van der Waals surface area contributed by atoms with E-state index in [1.165, 1.54) is 6.92 Å². The molecule has 3 aromatic heterocycles. The number of aromatic amines is 1. The number of fused-ring (bicyclic) bond motifs is 1. The van der Waals surface area contributed by atoms with Gasteiger partial charge in [-0.05, 0) is 39.0 Å². The van der Waals surface area contributed by atoms with Gasteiger partial charge in [-0.1, -0.05) is 34.6 Å². The van der Waals surface area contributed by atoms with E-state index in [0.29, 0.717) is 11.5 Å². The molecule has 0 aliphatic heterocycles. The number of azo groups is 1. The summed E-state index contributed by atoms with van der Waals surface area (Å²) in [5, 5.41) is 46.4. The number of nitriles is 1. The lowest BCUT2D eigenvalue weighted by Crippen LogP contribution is -2.56. The Kier molecular flexibility index (Phi) is 9.59. The van der Waals surface area contributed by atoms with Crippen LogP contribution in [0, 0.1) is 18.3 Å². The number of carbonyl (C=O) groups is 2. The van der Waals surface area contributed by atoms with E-state index in [1.54, 1.807) is 18.4 Å². The molecule has 1 amide bonds. The van der Waals surface area contributed by atoms with Gasteiger partial charge in [-0.25, -0.2) is 9.20 Å². The summed E-state index contributed by atoms with van der Waals surface area (Å²) in [4.78, 5) is 22.1. The number of H-pyrrole nitrogens is 1. The molecule has 0 atom stereocenters. The fraction of sp³-hybridized carbons (Fsp3) is 0.448. The average Bonchev–Trinajstić information content (AvgIpc) is 3.65. The van der Waals surface area contributed by atoms with Crippen molar-refractivity contribution in [1.29, 1.82) is 5.26 Å². The topological polar surface area (TPSA) is 287 Å². The number of carboxylic acids is 1. The first kappa shape index (κ1) is 37.8. The highest BCUT2D eigenvalue weighted by Crippen LogP contribution is 2.40. The summed E-state index contributed by atoms with van der Waals surface area (Å²) in [5.41, 5.74) is -2.28. The van der Waals surface area contributed by atoms with E-state index in [2.05, 4.69) is 35.9 Å². The van der Waals surface area contributed by atoms with Crippen LogP contribution >= 0.6 is 0 Å². The van der Waals surface area contributed by atoms with Gasteiger partial charge in [0, 0.05) is 28.4 Å². The van der Waals surface area contributed by atoms with Gasteiger partial charge in [-0.3, -0.25) is 23.8 Å². The van der Waals surface area contributed by atoms with Crippen LogP contribution in [0.1, 0.15) is 84.1 Å². The number of carbonyl (C=O) groups excluding carboxylic acids is 1.